The molecule has 0 radical (unpaired) electrons. The summed E-state index contributed by atoms with van der Waals surface area (Å²) in [5.41, 5.74) is 3.95. The minimum absolute atomic E-state index is 0.457. The molecule has 1 N–H and O–H groups in total. The summed E-state index contributed by atoms with van der Waals surface area (Å²) in [5.74, 6) is 2.37. The molecular formula is C26H25N5O3. The number of nitrogens with one attached hydrogen (secondary N) is 1. The molecule has 34 heavy (non-hydrogen) atoms. The Balaban J connectivity index is 1.36. The van der Waals surface area contributed by atoms with Crippen LogP contribution in [0.3, 0.4) is 0 Å². The van der Waals surface area contributed by atoms with Crippen LogP contribution in [0.25, 0.3) is 21.8 Å². The van der Waals surface area contributed by atoms with Crippen LogP contribution >= 0.6 is 0 Å². The summed E-state index contributed by atoms with van der Waals surface area (Å²) in [6.45, 7) is 3.21. The van der Waals surface area contributed by atoms with Crippen LogP contribution in [0, 0.1) is 6.92 Å². The number of hydrogen-bond donors (Lipinski definition) is 1. The van der Waals surface area contributed by atoms with Crippen molar-refractivity contribution < 1.29 is 14.2 Å². The van der Waals surface area contributed by atoms with Crippen LogP contribution in [0.15, 0.2) is 67.3 Å². The highest BCUT2D eigenvalue weighted by molar-refractivity contribution is 5.87. The predicted octanol–water partition coefficient (Wildman–Crippen LogP) is 5.13. The summed E-state index contributed by atoms with van der Waals surface area (Å²) in [5, 5.41) is 1.82. The van der Waals surface area contributed by atoms with Gasteiger partial charge < -0.3 is 24.1 Å². The quantitative estimate of drug-likeness (QED) is 0.347. The molecule has 0 bridgehead atoms. The van der Waals surface area contributed by atoms with E-state index in [4.69, 9.17) is 14.2 Å². The van der Waals surface area contributed by atoms with Crippen molar-refractivity contribution in [1.29, 1.82) is 0 Å². The Kier molecular flexibility index (Phi) is 5.86. The van der Waals surface area contributed by atoms with Gasteiger partial charge in [0.2, 0.25) is 5.88 Å². The minimum atomic E-state index is 0.457. The molecule has 8 nitrogen and oxygen atoms in total. The molecule has 0 saturated carbocycles. The zero-order chi connectivity index (χ0) is 23.5. The Morgan fingerprint density at radius 1 is 0.971 bits per heavy atom. The molecule has 172 valence electrons. The summed E-state index contributed by atoms with van der Waals surface area (Å²) in [6.07, 6.45) is 5.04. The largest absolute Gasteiger partial charge is 0.493 e. The van der Waals surface area contributed by atoms with E-state index in [1.54, 1.807) is 19.5 Å². The fourth-order valence-electron chi connectivity index (χ4n) is 3.85. The summed E-state index contributed by atoms with van der Waals surface area (Å²) >= 11 is 0. The van der Waals surface area contributed by atoms with Crippen molar-refractivity contribution in [1.82, 2.24) is 19.9 Å². The normalized spacial score (nSPS) is 11.0. The maximum atomic E-state index is 6.14. The van der Waals surface area contributed by atoms with Crippen LogP contribution in [-0.2, 0) is 0 Å². The Morgan fingerprint density at radius 2 is 1.82 bits per heavy atom. The van der Waals surface area contributed by atoms with Crippen molar-refractivity contribution in [2.45, 2.75) is 6.92 Å². The van der Waals surface area contributed by atoms with Crippen molar-refractivity contribution in [3.05, 3.63) is 72.9 Å². The molecule has 2 aromatic carbocycles. The van der Waals surface area contributed by atoms with Gasteiger partial charge in [0.25, 0.3) is 0 Å². The SMILES string of the molecule is COc1cc2c(Oc3ccc4[nH]c(C)cc4c3)ncnc2cc1OCCN(C)c1ccncc1. The summed E-state index contributed by atoms with van der Waals surface area (Å²) in [7, 11) is 3.63. The molecule has 0 fully saturated rings. The molecule has 0 spiro atoms. The molecule has 5 aromatic rings. The Morgan fingerprint density at radius 3 is 2.65 bits per heavy atom. The zero-order valence-electron chi connectivity index (χ0n) is 19.3. The molecule has 5 rings (SSSR count). The highest BCUT2D eigenvalue weighted by Crippen LogP contribution is 2.36. The standard InChI is InChI=1S/C26H25N5O3/c1-17-12-18-13-20(4-5-22(18)30-17)34-26-21-14-24(32-3)25(15-23(21)28-16-29-26)33-11-10-31(2)19-6-8-27-9-7-19/h4-9,12-16,30H,10-11H2,1-3H3. The fraction of sp³-hybridized carbons (Fsp3) is 0.192. The molecule has 0 saturated heterocycles. The molecule has 3 heterocycles. The third kappa shape index (κ3) is 4.43. The summed E-state index contributed by atoms with van der Waals surface area (Å²) in [6, 6.07) is 15.6. The molecular weight excluding hydrogens is 430 g/mol. The van der Waals surface area contributed by atoms with Crippen LogP contribution in [-0.4, -0.2) is 47.2 Å². The van der Waals surface area contributed by atoms with Gasteiger partial charge in [0.1, 0.15) is 18.7 Å². The Bertz CT molecular complexity index is 1440. The number of pyridine rings is 1. The van der Waals surface area contributed by atoms with Gasteiger partial charge >= 0.3 is 0 Å². The van der Waals surface area contributed by atoms with E-state index in [1.807, 2.05) is 56.4 Å². The predicted molar refractivity (Wildman–Crippen MR) is 132 cm³/mol. The lowest BCUT2D eigenvalue weighted by molar-refractivity contribution is 0.301. The molecule has 0 aliphatic rings. The van der Waals surface area contributed by atoms with Crippen molar-refractivity contribution in [3.63, 3.8) is 0 Å². The maximum absolute atomic E-state index is 6.14. The monoisotopic (exact) mass is 455 g/mol. The van der Waals surface area contributed by atoms with E-state index in [9.17, 15) is 0 Å². The van der Waals surface area contributed by atoms with Gasteiger partial charge in [0, 0.05) is 47.8 Å². The van der Waals surface area contributed by atoms with Crippen molar-refractivity contribution in [3.8, 4) is 23.1 Å². The fourth-order valence-corrected chi connectivity index (χ4v) is 3.85. The molecule has 0 atom stereocenters. The molecule has 0 aliphatic carbocycles. The topological polar surface area (TPSA) is 85.4 Å². The highest BCUT2D eigenvalue weighted by atomic mass is 16.5. The van der Waals surface area contributed by atoms with Crippen LogP contribution in [0.5, 0.6) is 23.1 Å². The first-order valence-electron chi connectivity index (χ1n) is 10.9. The smallest absolute Gasteiger partial charge is 0.230 e. The number of hydrogen-bond acceptors (Lipinski definition) is 7. The zero-order valence-corrected chi connectivity index (χ0v) is 19.3. The minimum Gasteiger partial charge on any atom is -0.493 e. The molecule has 0 amide bonds. The van der Waals surface area contributed by atoms with Gasteiger partial charge in [-0.05, 0) is 49.4 Å². The lowest BCUT2D eigenvalue weighted by atomic mass is 10.2. The number of ether oxygens (including phenoxy) is 3. The van der Waals surface area contributed by atoms with E-state index >= 15 is 0 Å². The first-order valence-corrected chi connectivity index (χ1v) is 10.9. The summed E-state index contributed by atoms with van der Waals surface area (Å²) in [4.78, 5) is 18.3. The Hall–Kier alpha value is -4.33. The number of anilines is 1. The van der Waals surface area contributed by atoms with Crippen LogP contribution in [0.4, 0.5) is 5.69 Å². The van der Waals surface area contributed by atoms with E-state index in [-0.39, 0.29) is 0 Å². The lowest BCUT2D eigenvalue weighted by Crippen LogP contribution is -2.23. The third-order valence-electron chi connectivity index (χ3n) is 5.61. The van der Waals surface area contributed by atoms with Crippen LogP contribution in [0.2, 0.25) is 0 Å². The van der Waals surface area contributed by atoms with Crippen LogP contribution in [0.1, 0.15) is 5.69 Å². The van der Waals surface area contributed by atoms with E-state index in [2.05, 4.69) is 30.9 Å². The number of nitrogens with zero attached hydrogens (tertiary/aromatic N) is 4. The van der Waals surface area contributed by atoms with E-state index < -0.39 is 0 Å². The number of benzene rings is 2. The summed E-state index contributed by atoms with van der Waals surface area (Å²) < 4.78 is 17.8. The van der Waals surface area contributed by atoms with Crippen molar-refractivity contribution >= 4 is 27.5 Å². The van der Waals surface area contributed by atoms with Gasteiger partial charge in [-0.2, -0.15) is 0 Å². The van der Waals surface area contributed by atoms with Gasteiger partial charge in [0.15, 0.2) is 11.5 Å². The number of H-pyrrole nitrogens is 1. The average molecular weight is 456 g/mol. The Labute approximate surface area is 197 Å². The second-order valence-electron chi connectivity index (χ2n) is 7.98. The van der Waals surface area contributed by atoms with E-state index in [1.165, 1.54) is 6.33 Å². The molecule has 0 aliphatic heterocycles. The molecule has 8 heteroatoms. The molecule has 0 unspecified atom stereocenters. The number of likely N-dealkylation sites (N-methyl/N-ethyl adjacent to an activating group) is 1. The van der Waals surface area contributed by atoms with Gasteiger partial charge in [-0.1, -0.05) is 0 Å². The molecule has 3 aromatic heterocycles. The first-order chi connectivity index (χ1) is 16.6. The highest BCUT2D eigenvalue weighted by Gasteiger charge is 2.14. The maximum Gasteiger partial charge on any atom is 0.230 e. The average Bonchev–Trinajstić information content (AvgIpc) is 3.23. The van der Waals surface area contributed by atoms with Crippen LogP contribution < -0.4 is 19.1 Å². The number of aromatic amines is 1. The van der Waals surface area contributed by atoms with E-state index in [0.29, 0.717) is 41.8 Å². The first kappa shape index (κ1) is 21.5. The van der Waals surface area contributed by atoms with Gasteiger partial charge in [-0.3, -0.25) is 4.98 Å². The number of aromatic nitrogens is 4. The van der Waals surface area contributed by atoms with Crippen molar-refractivity contribution in [2.24, 2.45) is 0 Å². The lowest BCUT2D eigenvalue weighted by Gasteiger charge is -2.20. The third-order valence-corrected chi connectivity index (χ3v) is 5.61. The van der Waals surface area contributed by atoms with Crippen molar-refractivity contribution in [2.75, 3.05) is 32.2 Å². The van der Waals surface area contributed by atoms with Gasteiger partial charge in [-0.25, -0.2) is 9.97 Å². The number of fused-ring (bicyclic) bond motifs is 2. The number of rotatable bonds is 8. The van der Waals surface area contributed by atoms with Gasteiger partial charge in [0.05, 0.1) is 24.6 Å². The number of methoxy groups -OCH3 is 1. The number of aryl methyl sites for hydroxylation is 1. The van der Waals surface area contributed by atoms with Gasteiger partial charge in [-0.15, -0.1) is 0 Å². The second-order valence-corrected chi connectivity index (χ2v) is 7.98. The van der Waals surface area contributed by atoms with E-state index in [0.717, 1.165) is 27.7 Å². The second kappa shape index (κ2) is 9.27.